The average Bonchev–Trinajstić information content (AvgIpc) is 3.44. The molecule has 7 aromatic carbocycles. The van der Waals surface area contributed by atoms with Crippen LogP contribution in [0.2, 0.25) is 0 Å². The number of carboxylic acid groups (broad SMARTS) is 4. The van der Waals surface area contributed by atoms with Gasteiger partial charge in [0.15, 0.2) is 0 Å². The van der Waals surface area contributed by atoms with Crippen molar-refractivity contribution in [3.05, 3.63) is 299 Å². The smallest absolute Gasteiger partial charge is 0.333 e. The standard InChI is InChI=1S/C64H43N5O8/c1-40-8-7-9-60(41(40)2)69(52-30-18-42(19-31-52)34-54(48-22-10-44(11-23-48)36-56(65-3)61(70)71)49-24-12-45(13-25-49)37-57(66-4)62(72)73)53-32-20-43(21-33-53)35-55(50-26-14-46(15-27-50)38-58(67-5)63(74)75)51-28-16-47(17-29-51)39-59(68-6)64(76)77/h7-39H,1-2H3,(H,70,71)(H,72,73)(H,74,75)(H,76,77). The van der Waals surface area contributed by atoms with Gasteiger partial charge in [0.1, 0.15) is 0 Å². The van der Waals surface area contributed by atoms with Crippen LogP contribution in [0.25, 0.3) is 67.0 Å². The largest absolute Gasteiger partial charge is 0.486 e. The number of carboxylic acids is 4. The van der Waals surface area contributed by atoms with E-state index in [1.54, 1.807) is 48.5 Å². The van der Waals surface area contributed by atoms with Crippen molar-refractivity contribution in [2.75, 3.05) is 4.90 Å². The SMILES string of the molecule is [C-]#[N+]C(=Cc1ccc(C(=Cc2ccc(N(c3ccc(C=C(c4ccc(C=C([N+]#[C-])C(=O)O)cc4)c4ccc(C=C([N+]#[C-])C(=O)O)cc4)cc3)c3cccc(C)c3C)cc2)c2ccc(C=C([N+]#[C-])C(=O)O)cc2)cc1)C(=O)O. The average molecular weight is 1010 g/mol. The van der Waals surface area contributed by atoms with Gasteiger partial charge in [-0.15, -0.1) is 0 Å². The first-order valence-corrected chi connectivity index (χ1v) is 23.3. The van der Waals surface area contributed by atoms with E-state index in [4.69, 9.17) is 26.3 Å². The Labute approximate surface area is 444 Å². The third kappa shape index (κ3) is 13.2. The topological polar surface area (TPSA) is 170 Å². The molecule has 7 aromatic rings. The molecule has 7 rings (SSSR count). The van der Waals surface area contributed by atoms with E-state index in [2.05, 4.69) is 50.3 Å². The molecule has 4 N–H and O–H groups in total. The summed E-state index contributed by atoms with van der Waals surface area (Å²) in [6, 6.07) is 50.5. The van der Waals surface area contributed by atoms with Crippen molar-refractivity contribution in [3.63, 3.8) is 0 Å². The second kappa shape index (κ2) is 24.4. The van der Waals surface area contributed by atoms with Gasteiger partial charge in [0.2, 0.25) is 0 Å². The summed E-state index contributed by atoms with van der Waals surface area (Å²) in [6.07, 6.45) is 9.19. The van der Waals surface area contributed by atoms with Gasteiger partial charge in [-0.2, -0.15) is 0 Å². The van der Waals surface area contributed by atoms with E-state index < -0.39 is 46.7 Å². The van der Waals surface area contributed by atoms with Crippen molar-refractivity contribution < 1.29 is 39.6 Å². The van der Waals surface area contributed by atoms with E-state index in [1.807, 2.05) is 115 Å². The molecule has 0 radical (unpaired) electrons. The third-order valence-corrected chi connectivity index (χ3v) is 12.2. The molecule has 0 bridgehead atoms. The van der Waals surface area contributed by atoms with Gasteiger partial charge in [0.05, 0.1) is 26.3 Å². The van der Waals surface area contributed by atoms with Crippen LogP contribution >= 0.6 is 0 Å². The third-order valence-electron chi connectivity index (χ3n) is 12.2. The first-order chi connectivity index (χ1) is 37.1. The molecule has 0 aliphatic heterocycles. The summed E-state index contributed by atoms with van der Waals surface area (Å²) >= 11 is 0. The van der Waals surface area contributed by atoms with Crippen LogP contribution in [0.5, 0.6) is 0 Å². The zero-order chi connectivity index (χ0) is 55.2. The summed E-state index contributed by atoms with van der Waals surface area (Å²) in [5.74, 6) is -5.32. The maximum Gasteiger partial charge on any atom is 0.333 e. The van der Waals surface area contributed by atoms with Crippen LogP contribution in [0, 0.1) is 40.1 Å². The quantitative estimate of drug-likeness (QED) is 0.0394. The highest BCUT2D eigenvalue weighted by Crippen LogP contribution is 2.39. The minimum absolute atomic E-state index is 0.423. The number of nitrogens with zero attached hydrogens (tertiary/aromatic N) is 5. The number of hydrogen-bond donors (Lipinski definition) is 4. The lowest BCUT2D eigenvalue weighted by Gasteiger charge is -2.28. The lowest BCUT2D eigenvalue weighted by atomic mass is 9.93. The number of rotatable bonds is 17. The Morgan fingerprint density at radius 3 is 0.857 bits per heavy atom. The number of aliphatic carboxylic acids is 4. The number of anilines is 3. The second-order valence-electron chi connectivity index (χ2n) is 17.1. The normalized spacial score (nSPS) is 11.4. The molecule has 77 heavy (non-hydrogen) atoms. The molecule has 372 valence electrons. The zero-order valence-electron chi connectivity index (χ0n) is 41.2. The van der Waals surface area contributed by atoms with Crippen LogP contribution < -0.4 is 4.90 Å². The molecule has 0 amide bonds. The molecular weight excluding hydrogens is 967 g/mol. The Kier molecular flexibility index (Phi) is 16.9. The van der Waals surface area contributed by atoms with Crippen molar-refractivity contribution in [2.45, 2.75) is 13.8 Å². The van der Waals surface area contributed by atoms with E-state index >= 15 is 0 Å². The molecule has 0 aliphatic rings. The Morgan fingerprint density at radius 2 is 0.610 bits per heavy atom. The van der Waals surface area contributed by atoms with Crippen LogP contribution in [0.1, 0.15) is 66.8 Å². The van der Waals surface area contributed by atoms with Crippen molar-refractivity contribution in [1.29, 1.82) is 0 Å². The Hall–Kier alpha value is -11.4. The van der Waals surface area contributed by atoms with Crippen LogP contribution in [-0.2, 0) is 19.2 Å². The Balaban J connectivity index is 1.29. The minimum Gasteiger partial charge on any atom is -0.486 e. The summed E-state index contributed by atoms with van der Waals surface area (Å²) in [7, 11) is 0. The predicted octanol–water partition coefficient (Wildman–Crippen LogP) is 14.3. The molecule has 0 fully saturated rings. The molecule has 0 spiro atoms. The highest BCUT2D eigenvalue weighted by Gasteiger charge is 2.18. The zero-order valence-corrected chi connectivity index (χ0v) is 41.2. The molecule has 13 nitrogen and oxygen atoms in total. The second-order valence-corrected chi connectivity index (χ2v) is 17.1. The molecule has 0 unspecified atom stereocenters. The minimum atomic E-state index is -1.33. The van der Waals surface area contributed by atoms with Gasteiger partial charge < -0.3 is 25.3 Å². The fraction of sp³-hybridized carbons (Fsp3) is 0.0312. The first kappa shape index (κ1) is 53.4. The van der Waals surface area contributed by atoms with E-state index in [9.17, 15) is 39.6 Å². The summed E-state index contributed by atoms with van der Waals surface area (Å²) in [4.78, 5) is 60.9. The van der Waals surface area contributed by atoms with E-state index in [0.717, 1.165) is 72.7 Å². The lowest BCUT2D eigenvalue weighted by Crippen LogP contribution is -2.11. The van der Waals surface area contributed by atoms with Crippen LogP contribution in [0.4, 0.5) is 17.1 Å². The predicted molar refractivity (Wildman–Crippen MR) is 299 cm³/mol. The summed E-state index contributed by atoms with van der Waals surface area (Å²) in [6.45, 7) is 33.2. The maximum atomic E-state index is 11.6. The lowest BCUT2D eigenvalue weighted by molar-refractivity contribution is -0.133. The molecule has 0 aliphatic carbocycles. The Morgan fingerprint density at radius 1 is 0.364 bits per heavy atom. The highest BCUT2D eigenvalue weighted by atomic mass is 16.4. The molecule has 0 heterocycles. The van der Waals surface area contributed by atoms with Gasteiger partial charge in [-0.1, -0.05) is 133 Å². The van der Waals surface area contributed by atoms with Gasteiger partial charge in [-0.3, -0.25) is 19.2 Å². The van der Waals surface area contributed by atoms with E-state index in [0.29, 0.717) is 22.3 Å². The number of carbonyl (C=O) groups is 4. The Bertz CT molecular complexity index is 3410. The molecule has 0 saturated heterocycles. The van der Waals surface area contributed by atoms with Gasteiger partial charge in [0.25, 0.3) is 22.8 Å². The maximum absolute atomic E-state index is 11.6. The van der Waals surface area contributed by atoms with Crippen LogP contribution in [-0.4, -0.2) is 44.3 Å². The highest BCUT2D eigenvalue weighted by molar-refractivity contribution is 5.98. The number of benzene rings is 7. The molecular formula is C64H43N5O8. The molecule has 0 saturated carbocycles. The number of aryl methyl sites for hydroxylation is 1. The van der Waals surface area contributed by atoms with Crippen LogP contribution in [0.15, 0.2) is 187 Å². The van der Waals surface area contributed by atoms with Crippen LogP contribution in [0.3, 0.4) is 0 Å². The van der Waals surface area contributed by atoms with Crippen molar-refractivity contribution in [1.82, 2.24) is 0 Å². The summed E-state index contributed by atoms with van der Waals surface area (Å²) in [5.41, 5.74) is 11.6. The van der Waals surface area contributed by atoms with Gasteiger partial charge in [-0.25, -0.2) is 19.4 Å². The molecule has 13 heteroatoms. The number of hydrogen-bond acceptors (Lipinski definition) is 5. The first-order valence-electron chi connectivity index (χ1n) is 23.3. The summed E-state index contributed by atoms with van der Waals surface area (Å²) < 4.78 is 0. The van der Waals surface area contributed by atoms with Crippen molar-refractivity contribution in [2.24, 2.45) is 0 Å². The van der Waals surface area contributed by atoms with Crippen molar-refractivity contribution >= 4 is 88.5 Å². The van der Waals surface area contributed by atoms with Gasteiger partial charge in [-0.05, 0) is 159 Å². The fourth-order valence-electron chi connectivity index (χ4n) is 8.08. The molecule has 0 atom stereocenters. The van der Waals surface area contributed by atoms with E-state index in [1.165, 1.54) is 24.3 Å². The summed E-state index contributed by atoms with van der Waals surface area (Å²) in [5, 5.41) is 37.7. The van der Waals surface area contributed by atoms with Crippen molar-refractivity contribution in [3.8, 4) is 0 Å². The van der Waals surface area contributed by atoms with Gasteiger partial charge >= 0.3 is 23.9 Å². The van der Waals surface area contributed by atoms with Gasteiger partial charge in [0, 0.05) is 17.1 Å². The fourth-order valence-corrected chi connectivity index (χ4v) is 8.08. The van der Waals surface area contributed by atoms with E-state index in [-0.39, 0.29) is 0 Å². The molecule has 0 aromatic heterocycles. The monoisotopic (exact) mass is 1010 g/mol.